The SMILES string of the molecule is CC[C@@H]1CN(C(C)=O)CC[C@H]1N[C@@H](C)c1ccc2ccccc2c1. The number of carbonyl (C=O) groups excluding carboxylic acids is 1. The first-order valence-corrected chi connectivity index (χ1v) is 9.08. The molecule has 1 fully saturated rings. The molecule has 0 bridgehead atoms. The van der Waals surface area contributed by atoms with Crippen LogP contribution in [-0.2, 0) is 4.79 Å². The number of fused-ring (bicyclic) bond motifs is 1. The van der Waals surface area contributed by atoms with Crippen LogP contribution in [0, 0.1) is 5.92 Å². The molecule has 1 amide bonds. The molecule has 0 saturated carbocycles. The second kappa shape index (κ2) is 7.35. The van der Waals surface area contributed by atoms with E-state index in [4.69, 9.17) is 0 Å². The topological polar surface area (TPSA) is 32.3 Å². The van der Waals surface area contributed by atoms with E-state index < -0.39 is 0 Å². The van der Waals surface area contributed by atoms with E-state index in [9.17, 15) is 4.79 Å². The maximum absolute atomic E-state index is 11.6. The minimum atomic E-state index is 0.203. The molecule has 0 radical (unpaired) electrons. The fourth-order valence-electron chi connectivity index (χ4n) is 3.85. The van der Waals surface area contributed by atoms with Crippen LogP contribution in [-0.4, -0.2) is 29.9 Å². The van der Waals surface area contributed by atoms with Crippen LogP contribution in [0.4, 0.5) is 0 Å². The number of hydrogen-bond acceptors (Lipinski definition) is 2. The quantitative estimate of drug-likeness (QED) is 0.917. The van der Waals surface area contributed by atoms with E-state index in [1.54, 1.807) is 6.92 Å². The number of benzene rings is 2. The summed E-state index contributed by atoms with van der Waals surface area (Å²) >= 11 is 0. The van der Waals surface area contributed by atoms with Crippen molar-refractivity contribution in [2.45, 2.75) is 45.7 Å². The highest BCUT2D eigenvalue weighted by atomic mass is 16.2. The number of piperidine rings is 1. The van der Waals surface area contributed by atoms with Gasteiger partial charge in [0.15, 0.2) is 0 Å². The van der Waals surface area contributed by atoms with E-state index in [1.165, 1.54) is 16.3 Å². The van der Waals surface area contributed by atoms with Gasteiger partial charge in [-0.25, -0.2) is 0 Å². The van der Waals surface area contributed by atoms with Gasteiger partial charge < -0.3 is 10.2 Å². The Labute approximate surface area is 145 Å². The number of carbonyl (C=O) groups is 1. The average Bonchev–Trinajstić information content (AvgIpc) is 2.61. The van der Waals surface area contributed by atoms with Gasteiger partial charge in [0.2, 0.25) is 5.91 Å². The van der Waals surface area contributed by atoms with Crippen molar-refractivity contribution >= 4 is 16.7 Å². The van der Waals surface area contributed by atoms with Crippen molar-refractivity contribution in [1.82, 2.24) is 10.2 Å². The van der Waals surface area contributed by atoms with Crippen LogP contribution in [0.2, 0.25) is 0 Å². The van der Waals surface area contributed by atoms with Crippen LogP contribution in [0.3, 0.4) is 0 Å². The van der Waals surface area contributed by atoms with Gasteiger partial charge in [0.25, 0.3) is 0 Å². The average molecular weight is 324 g/mol. The Hall–Kier alpha value is -1.87. The van der Waals surface area contributed by atoms with Gasteiger partial charge in [-0.1, -0.05) is 49.7 Å². The summed E-state index contributed by atoms with van der Waals surface area (Å²) in [6, 6.07) is 16.0. The smallest absolute Gasteiger partial charge is 0.219 e. The normalized spacial score (nSPS) is 22.5. The molecule has 2 aromatic carbocycles. The van der Waals surface area contributed by atoms with E-state index in [2.05, 4.69) is 61.6 Å². The Morgan fingerprint density at radius 3 is 2.71 bits per heavy atom. The van der Waals surface area contributed by atoms with Crippen molar-refractivity contribution < 1.29 is 4.79 Å². The number of likely N-dealkylation sites (tertiary alicyclic amines) is 1. The molecule has 1 N–H and O–H groups in total. The van der Waals surface area contributed by atoms with E-state index in [0.717, 1.165) is 25.9 Å². The predicted octanol–water partition coefficient (Wildman–Crippen LogP) is 4.14. The van der Waals surface area contributed by atoms with Crippen LogP contribution in [0.5, 0.6) is 0 Å². The Kier molecular flexibility index (Phi) is 5.20. The highest BCUT2D eigenvalue weighted by Crippen LogP contribution is 2.25. The highest BCUT2D eigenvalue weighted by molar-refractivity contribution is 5.83. The van der Waals surface area contributed by atoms with Gasteiger partial charge in [-0.2, -0.15) is 0 Å². The van der Waals surface area contributed by atoms with Crippen molar-refractivity contribution in [3.8, 4) is 0 Å². The molecule has 2 aromatic rings. The lowest BCUT2D eigenvalue weighted by molar-refractivity contribution is -0.131. The van der Waals surface area contributed by atoms with Crippen molar-refractivity contribution in [1.29, 1.82) is 0 Å². The maximum atomic E-state index is 11.6. The standard InChI is InChI=1S/C21H28N2O/c1-4-17-14-23(16(3)24)12-11-21(17)22-15(2)19-10-9-18-7-5-6-8-20(18)13-19/h5-10,13,15,17,21-22H,4,11-12,14H2,1-3H3/t15-,17+,21+/m0/s1. The molecule has 3 nitrogen and oxygen atoms in total. The number of amides is 1. The van der Waals surface area contributed by atoms with Crippen molar-refractivity contribution in [3.63, 3.8) is 0 Å². The summed E-state index contributed by atoms with van der Waals surface area (Å²) in [5, 5.41) is 6.40. The Bertz CT molecular complexity index is 712. The van der Waals surface area contributed by atoms with E-state index >= 15 is 0 Å². The second-order valence-corrected chi connectivity index (χ2v) is 7.02. The van der Waals surface area contributed by atoms with Gasteiger partial charge in [0.1, 0.15) is 0 Å². The highest BCUT2D eigenvalue weighted by Gasteiger charge is 2.30. The molecule has 1 saturated heterocycles. The molecule has 3 heteroatoms. The van der Waals surface area contributed by atoms with Crippen LogP contribution in [0.1, 0.15) is 45.2 Å². The third-order valence-corrected chi connectivity index (χ3v) is 5.44. The number of nitrogens with one attached hydrogen (secondary N) is 1. The number of hydrogen-bond donors (Lipinski definition) is 1. The van der Waals surface area contributed by atoms with Crippen molar-refractivity contribution in [2.75, 3.05) is 13.1 Å². The molecule has 1 aliphatic heterocycles. The molecular formula is C21H28N2O. The molecule has 0 aliphatic carbocycles. The zero-order valence-electron chi connectivity index (χ0n) is 15.0. The lowest BCUT2D eigenvalue weighted by atomic mass is 9.88. The second-order valence-electron chi connectivity index (χ2n) is 7.02. The van der Waals surface area contributed by atoms with Crippen LogP contribution >= 0.6 is 0 Å². The first-order valence-electron chi connectivity index (χ1n) is 9.08. The largest absolute Gasteiger partial charge is 0.343 e. The van der Waals surface area contributed by atoms with E-state index in [1.807, 2.05) is 4.90 Å². The van der Waals surface area contributed by atoms with Gasteiger partial charge in [-0.3, -0.25) is 4.79 Å². The number of rotatable bonds is 4. The van der Waals surface area contributed by atoms with Crippen LogP contribution in [0.25, 0.3) is 10.8 Å². The minimum absolute atomic E-state index is 0.203. The third kappa shape index (κ3) is 3.62. The van der Waals surface area contributed by atoms with Crippen LogP contribution in [0.15, 0.2) is 42.5 Å². The summed E-state index contributed by atoms with van der Waals surface area (Å²) in [6.07, 6.45) is 2.14. The molecule has 24 heavy (non-hydrogen) atoms. The summed E-state index contributed by atoms with van der Waals surface area (Å²) < 4.78 is 0. The van der Waals surface area contributed by atoms with Crippen molar-refractivity contribution in [3.05, 3.63) is 48.0 Å². The van der Waals surface area contributed by atoms with Gasteiger partial charge >= 0.3 is 0 Å². The summed E-state index contributed by atoms with van der Waals surface area (Å²) in [5.41, 5.74) is 1.33. The Balaban J connectivity index is 1.70. The first kappa shape index (κ1) is 17.0. The van der Waals surface area contributed by atoms with E-state index in [-0.39, 0.29) is 5.91 Å². The summed E-state index contributed by atoms with van der Waals surface area (Å²) in [7, 11) is 0. The Morgan fingerprint density at radius 2 is 2.00 bits per heavy atom. The summed E-state index contributed by atoms with van der Waals surface area (Å²) in [6.45, 7) is 7.90. The van der Waals surface area contributed by atoms with Crippen LogP contribution < -0.4 is 5.32 Å². The number of nitrogens with zero attached hydrogens (tertiary/aromatic N) is 1. The van der Waals surface area contributed by atoms with E-state index in [0.29, 0.717) is 18.0 Å². The monoisotopic (exact) mass is 324 g/mol. The molecular weight excluding hydrogens is 296 g/mol. The predicted molar refractivity (Wildman–Crippen MR) is 99.9 cm³/mol. The van der Waals surface area contributed by atoms with Gasteiger partial charge in [0.05, 0.1) is 0 Å². The fraction of sp³-hybridized carbons (Fsp3) is 0.476. The molecule has 128 valence electrons. The zero-order valence-corrected chi connectivity index (χ0v) is 15.0. The molecule has 3 atom stereocenters. The zero-order chi connectivity index (χ0) is 17.1. The minimum Gasteiger partial charge on any atom is -0.343 e. The van der Waals surface area contributed by atoms with Crippen molar-refractivity contribution in [2.24, 2.45) is 5.92 Å². The summed E-state index contributed by atoms with van der Waals surface area (Å²) in [4.78, 5) is 13.6. The fourth-order valence-corrected chi connectivity index (χ4v) is 3.85. The van der Waals surface area contributed by atoms with Gasteiger partial charge in [0, 0.05) is 32.1 Å². The Morgan fingerprint density at radius 1 is 1.25 bits per heavy atom. The van der Waals surface area contributed by atoms with Gasteiger partial charge in [-0.15, -0.1) is 0 Å². The molecule has 0 unspecified atom stereocenters. The van der Waals surface area contributed by atoms with Gasteiger partial charge in [-0.05, 0) is 41.7 Å². The first-order chi connectivity index (χ1) is 11.6. The molecule has 3 rings (SSSR count). The lowest BCUT2D eigenvalue weighted by Gasteiger charge is -2.39. The molecule has 0 aromatic heterocycles. The molecule has 1 heterocycles. The maximum Gasteiger partial charge on any atom is 0.219 e. The lowest BCUT2D eigenvalue weighted by Crippen LogP contribution is -2.50. The molecule has 1 aliphatic rings. The third-order valence-electron chi connectivity index (χ3n) is 5.44. The summed E-state index contributed by atoms with van der Waals surface area (Å²) in [5.74, 6) is 0.736. The molecule has 0 spiro atoms.